The van der Waals surface area contributed by atoms with Crippen LogP contribution < -0.4 is 5.63 Å². The number of aryl methyl sites for hydroxylation is 2. The van der Waals surface area contributed by atoms with E-state index in [0.717, 1.165) is 30.2 Å². The van der Waals surface area contributed by atoms with Crippen molar-refractivity contribution in [2.24, 2.45) is 0 Å². The Kier molecular flexibility index (Phi) is 4.57. The van der Waals surface area contributed by atoms with Crippen LogP contribution in [0.15, 0.2) is 27.4 Å². The molecule has 1 aliphatic rings. The van der Waals surface area contributed by atoms with Crippen LogP contribution >= 0.6 is 0 Å². The predicted molar refractivity (Wildman–Crippen MR) is 84.0 cm³/mol. The van der Waals surface area contributed by atoms with Crippen molar-refractivity contribution in [3.8, 4) is 0 Å². The first-order valence-electron chi connectivity index (χ1n) is 7.74. The summed E-state index contributed by atoms with van der Waals surface area (Å²) in [6.07, 6.45) is 3.26. The summed E-state index contributed by atoms with van der Waals surface area (Å²) in [4.78, 5) is 13.7. The fourth-order valence-corrected chi connectivity index (χ4v) is 3.22. The molecule has 2 N–H and O–H groups in total. The molecule has 0 spiro atoms. The highest BCUT2D eigenvalue weighted by atomic mass is 16.4. The lowest BCUT2D eigenvalue weighted by Crippen LogP contribution is -2.29. The van der Waals surface area contributed by atoms with Gasteiger partial charge in [-0.1, -0.05) is 0 Å². The molecule has 0 aliphatic heterocycles. The van der Waals surface area contributed by atoms with E-state index in [4.69, 9.17) is 14.6 Å². The summed E-state index contributed by atoms with van der Waals surface area (Å²) in [6, 6.07) is 5.64. The van der Waals surface area contributed by atoms with E-state index in [1.165, 1.54) is 17.2 Å². The number of aliphatic hydroxyl groups is 2. The summed E-state index contributed by atoms with van der Waals surface area (Å²) in [5.74, 6) is 0. The predicted octanol–water partition coefficient (Wildman–Crippen LogP) is 1.07. The molecule has 0 saturated heterocycles. The minimum Gasteiger partial charge on any atom is -0.423 e. The Morgan fingerprint density at radius 2 is 1.73 bits per heavy atom. The second-order valence-electron chi connectivity index (χ2n) is 5.78. The van der Waals surface area contributed by atoms with Crippen LogP contribution in [0, 0.1) is 0 Å². The highest BCUT2D eigenvalue weighted by molar-refractivity contribution is 5.82. The van der Waals surface area contributed by atoms with Gasteiger partial charge in [0, 0.05) is 31.1 Å². The SMILES string of the molecule is O=c1cc(CN(CCO)CCO)c2cc3c(cc2o1)CCC3. The molecule has 1 aromatic carbocycles. The topological polar surface area (TPSA) is 73.9 Å². The fourth-order valence-electron chi connectivity index (χ4n) is 3.22. The van der Waals surface area contributed by atoms with Gasteiger partial charge in [-0.05, 0) is 48.1 Å². The third kappa shape index (κ3) is 3.06. The number of fused-ring (bicyclic) bond motifs is 2. The Balaban J connectivity index is 2.02. The number of rotatable bonds is 6. The summed E-state index contributed by atoms with van der Waals surface area (Å²) >= 11 is 0. The molecule has 0 radical (unpaired) electrons. The standard InChI is InChI=1S/C17H21NO4/c19-6-4-18(5-7-20)11-14-10-17(21)22-16-9-13-3-1-2-12(13)8-15(14)16/h8-10,19-20H,1-7,11H2. The average molecular weight is 303 g/mol. The van der Waals surface area contributed by atoms with Crippen molar-refractivity contribution in [1.29, 1.82) is 0 Å². The van der Waals surface area contributed by atoms with Gasteiger partial charge in [-0.2, -0.15) is 0 Å². The van der Waals surface area contributed by atoms with Gasteiger partial charge in [0.2, 0.25) is 0 Å². The van der Waals surface area contributed by atoms with Gasteiger partial charge in [-0.25, -0.2) is 4.79 Å². The van der Waals surface area contributed by atoms with Crippen LogP contribution in [-0.2, 0) is 19.4 Å². The van der Waals surface area contributed by atoms with E-state index in [9.17, 15) is 4.79 Å². The maximum absolute atomic E-state index is 11.8. The van der Waals surface area contributed by atoms with Crippen LogP contribution in [0.25, 0.3) is 11.0 Å². The largest absolute Gasteiger partial charge is 0.423 e. The number of hydrogen-bond donors (Lipinski definition) is 2. The van der Waals surface area contributed by atoms with Crippen molar-refractivity contribution < 1.29 is 14.6 Å². The van der Waals surface area contributed by atoms with Crippen molar-refractivity contribution >= 4 is 11.0 Å². The lowest BCUT2D eigenvalue weighted by atomic mass is 10.0. The first-order chi connectivity index (χ1) is 10.7. The monoisotopic (exact) mass is 303 g/mol. The van der Waals surface area contributed by atoms with Crippen LogP contribution in [0.3, 0.4) is 0 Å². The first-order valence-corrected chi connectivity index (χ1v) is 7.74. The van der Waals surface area contributed by atoms with Crippen LogP contribution in [0.2, 0.25) is 0 Å². The highest BCUT2D eigenvalue weighted by Gasteiger charge is 2.16. The lowest BCUT2D eigenvalue weighted by Gasteiger charge is -2.20. The van der Waals surface area contributed by atoms with E-state index in [0.29, 0.717) is 25.2 Å². The minimum atomic E-state index is -0.353. The van der Waals surface area contributed by atoms with E-state index in [1.54, 1.807) is 0 Å². The third-order valence-electron chi connectivity index (χ3n) is 4.27. The van der Waals surface area contributed by atoms with E-state index in [-0.39, 0.29) is 18.8 Å². The summed E-state index contributed by atoms with van der Waals surface area (Å²) in [6.45, 7) is 1.49. The van der Waals surface area contributed by atoms with Crippen LogP contribution in [0.4, 0.5) is 0 Å². The van der Waals surface area contributed by atoms with Gasteiger partial charge in [0.25, 0.3) is 0 Å². The normalized spacial score (nSPS) is 14.0. The molecule has 0 bridgehead atoms. The molecule has 1 aliphatic carbocycles. The lowest BCUT2D eigenvalue weighted by molar-refractivity contribution is 0.156. The van der Waals surface area contributed by atoms with Gasteiger partial charge in [0.15, 0.2) is 0 Å². The van der Waals surface area contributed by atoms with Crippen LogP contribution in [0.1, 0.15) is 23.1 Å². The van der Waals surface area contributed by atoms with Gasteiger partial charge < -0.3 is 14.6 Å². The molecule has 0 atom stereocenters. The molecule has 1 heterocycles. The molecule has 2 aromatic rings. The molecule has 0 unspecified atom stereocenters. The van der Waals surface area contributed by atoms with Crippen molar-refractivity contribution in [1.82, 2.24) is 4.90 Å². The van der Waals surface area contributed by atoms with Gasteiger partial charge in [-0.3, -0.25) is 4.90 Å². The molecule has 1 aromatic heterocycles. The molecule has 5 heteroatoms. The molecular formula is C17H21NO4. The van der Waals surface area contributed by atoms with E-state index >= 15 is 0 Å². The molecule has 118 valence electrons. The Morgan fingerprint density at radius 3 is 2.41 bits per heavy atom. The molecule has 0 fully saturated rings. The maximum Gasteiger partial charge on any atom is 0.336 e. The minimum absolute atomic E-state index is 0.0226. The summed E-state index contributed by atoms with van der Waals surface area (Å²) < 4.78 is 5.36. The first kappa shape index (κ1) is 15.2. The van der Waals surface area contributed by atoms with Crippen molar-refractivity contribution in [2.45, 2.75) is 25.8 Å². The second-order valence-corrected chi connectivity index (χ2v) is 5.78. The zero-order chi connectivity index (χ0) is 15.5. The fraction of sp³-hybridized carbons (Fsp3) is 0.471. The number of benzene rings is 1. The molecule has 0 saturated carbocycles. The molecule has 3 rings (SSSR count). The second kappa shape index (κ2) is 6.60. The van der Waals surface area contributed by atoms with Gasteiger partial charge >= 0.3 is 5.63 Å². The maximum atomic E-state index is 11.8. The summed E-state index contributed by atoms with van der Waals surface area (Å²) in [5, 5.41) is 19.2. The molecular weight excluding hydrogens is 282 g/mol. The van der Waals surface area contributed by atoms with Crippen molar-refractivity contribution in [2.75, 3.05) is 26.3 Å². The Hall–Kier alpha value is -1.69. The number of aliphatic hydroxyl groups excluding tert-OH is 2. The van der Waals surface area contributed by atoms with Gasteiger partial charge in [0.05, 0.1) is 13.2 Å². The Labute approximate surface area is 128 Å². The summed E-state index contributed by atoms with van der Waals surface area (Å²) in [5.41, 5.74) is 3.78. The van der Waals surface area contributed by atoms with E-state index in [2.05, 4.69) is 6.07 Å². The highest BCUT2D eigenvalue weighted by Crippen LogP contribution is 2.28. The summed E-state index contributed by atoms with van der Waals surface area (Å²) in [7, 11) is 0. The van der Waals surface area contributed by atoms with E-state index < -0.39 is 0 Å². The number of hydrogen-bond acceptors (Lipinski definition) is 5. The number of nitrogens with zero attached hydrogens (tertiary/aromatic N) is 1. The molecule has 0 amide bonds. The smallest absolute Gasteiger partial charge is 0.336 e. The zero-order valence-corrected chi connectivity index (χ0v) is 12.5. The Morgan fingerprint density at radius 1 is 1.05 bits per heavy atom. The van der Waals surface area contributed by atoms with Gasteiger partial charge in [-0.15, -0.1) is 0 Å². The quantitative estimate of drug-likeness (QED) is 0.781. The van der Waals surface area contributed by atoms with Crippen LogP contribution in [0.5, 0.6) is 0 Å². The van der Waals surface area contributed by atoms with E-state index in [1.807, 2.05) is 11.0 Å². The average Bonchev–Trinajstić information content (AvgIpc) is 2.93. The van der Waals surface area contributed by atoms with Crippen molar-refractivity contribution in [3.05, 3.63) is 45.3 Å². The van der Waals surface area contributed by atoms with Gasteiger partial charge in [0.1, 0.15) is 5.58 Å². The third-order valence-corrected chi connectivity index (χ3v) is 4.27. The molecule has 22 heavy (non-hydrogen) atoms. The Bertz CT molecular complexity index is 716. The van der Waals surface area contributed by atoms with Crippen molar-refractivity contribution in [3.63, 3.8) is 0 Å². The zero-order valence-electron chi connectivity index (χ0n) is 12.5. The van der Waals surface area contributed by atoms with Crippen LogP contribution in [-0.4, -0.2) is 41.4 Å². The molecule has 5 nitrogen and oxygen atoms in total.